The summed E-state index contributed by atoms with van der Waals surface area (Å²) < 4.78 is 5.30. The van der Waals surface area contributed by atoms with E-state index in [0.717, 1.165) is 33.3 Å². The van der Waals surface area contributed by atoms with Crippen molar-refractivity contribution in [3.05, 3.63) is 65.4 Å². The minimum absolute atomic E-state index is 0.225. The third-order valence-electron chi connectivity index (χ3n) is 4.59. The van der Waals surface area contributed by atoms with Crippen LogP contribution in [-0.4, -0.2) is 23.0 Å². The van der Waals surface area contributed by atoms with E-state index in [1.165, 1.54) is 0 Å². The number of hydrogen-bond donors (Lipinski definition) is 2. The lowest BCUT2D eigenvalue weighted by molar-refractivity contribution is -0.153. The summed E-state index contributed by atoms with van der Waals surface area (Å²) in [6.45, 7) is 5.51. The van der Waals surface area contributed by atoms with Gasteiger partial charge in [0.05, 0.1) is 0 Å². The van der Waals surface area contributed by atoms with Crippen molar-refractivity contribution < 1.29 is 14.3 Å². The number of carbonyl (C=O) groups is 2. The van der Waals surface area contributed by atoms with Crippen molar-refractivity contribution in [1.82, 2.24) is 4.98 Å². The fourth-order valence-electron chi connectivity index (χ4n) is 3.07. The van der Waals surface area contributed by atoms with Gasteiger partial charge in [0.1, 0.15) is 0 Å². The number of fused-ring (bicyclic) bond motifs is 1. The van der Waals surface area contributed by atoms with Gasteiger partial charge < -0.3 is 15.0 Å². The van der Waals surface area contributed by atoms with Gasteiger partial charge in [-0.1, -0.05) is 35.9 Å². The average Bonchev–Trinajstić information content (AvgIpc) is 3.05. The molecule has 2 aromatic carbocycles. The highest BCUT2D eigenvalue weighted by molar-refractivity contribution is 5.95. The number of carbonyl (C=O) groups excluding carboxylic acids is 2. The van der Waals surface area contributed by atoms with E-state index in [4.69, 9.17) is 4.74 Å². The number of amides is 1. The molecular formula is C22H24N2O3. The second kappa shape index (κ2) is 8.08. The molecule has 5 nitrogen and oxygen atoms in total. The molecule has 5 heteroatoms. The van der Waals surface area contributed by atoms with E-state index in [1.807, 2.05) is 62.5 Å². The molecule has 0 fully saturated rings. The maximum Gasteiger partial charge on any atom is 0.306 e. The standard InChI is InChI=1S/C22H24N2O3/c1-14-8-10-19(15(2)12-14)24-22(26)16(3)27-21(25)11-9-17-13-23-20-7-5-4-6-18(17)20/h4-8,10,12-13,16,23H,9,11H2,1-3H3,(H,24,26). The zero-order valence-electron chi connectivity index (χ0n) is 15.8. The van der Waals surface area contributed by atoms with Crippen molar-refractivity contribution >= 4 is 28.5 Å². The number of benzene rings is 2. The number of para-hydroxylation sites is 1. The summed E-state index contributed by atoms with van der Waals surface area (Å²) in [5.41, 5.74) is 4.94. The van der Waals surface area contributed by atoms with Crippen LogP contribution in [0.5, 0.6) is 0 Å². The quantitative estimate of drug-likeness (QED) is 0.641. The van der Waals surface area contributed by atoms with E-state index >= 15 is 0 Å². The maximum atomic E-state index is 12.3. The molecule has 0 aliphatic heterocycles. The zero-order chi connectivity index (χ0) is 19.4. The Kier molecular flexibility index (Phi) is 5.60. The van der Waals surface area contributed by atoms with Gasteiger partial charge in [-0.25, -0.2) is 0 Å². The first-order valence-corrected chi connectivity index (χ1v) is 9.06. The molecule has 3 aromatic rings. The summed E-state index contributed by atoms with van der Waals surface area (Å²) in [5.74, 6) is -0.717. The van der Waals surface area contributed by atoms with Gasteiger partial charge in [-0.2, -0.15) is 0 Å². The van der Waals surface area contributed by atoms with Gasteiger partial charge in [0.15, 0.2) is 6.10 Å². The van der Waals surface area contributed by atoms with Crippen molar-refractivity contribution in [3.8, 4) is 0 Å². The van der Waals surface area contributed by atoms with Crippen LogP contribution in [0.4, 0.5) is 5.69 Å². The number of H-pyrrole nitrogens is 1. The number of nitrogens with one attached hydrogen (secondary N) is 2. The molecular weight excluding hydrogens is 340 g/mol. The molecule has 3 rings (SSSR count). The fourth-order valence-corrected chi connectivity index (χ4v) is 3.07. The number of rotatable bonds is 6. The fraction of sp³-hybridized carbons (Fsp3) is 0.273. The summed E-state index contributed by atoms with van der Waals surface area (Å²) in [5, 5.41) is 3.92. The van der Waals surface area contributed by atoms with Crippen LogP contribution in [0.3, 0.4) is 0 Å². The normalized spacial score (nSPS) is 12.0. The van der Waals surface area contributed by atoms with Gasteiger partial charge in [-0.15, -0.1) is 0 Å². The van der Waals surface area contributed by atoms with E-state index < -0.39 is 6.10 Å². The second-order valence-corrected chi connectivity index (χ2v) is 6.80. The molecule has 2 N–H and O–H groups in total. The number of anilines is 1. The van der Waals surface area contributed by atoms with E-state index in [2.05, 4.69) is 10.3 Å². The first kappa shape index (κ1) is 18.7. The average molecular weight is 364 g/mol. The topological polar surface area (TPSA) is 71.2 Å². The van der Waals surface area contributed by atoms with Gasteiger partial charge >= 0.3 is 5.97 Å². The van der Waals surface area contributed by atoms with Gasteiger partial charge in [-0.05, 0) is 50.5 Å². The third kappa shape index (κ3) is 4.56. The molecule has 0 aliphatic carbocycles. The van der Waals surface area contributed by atoms with Crippen LogP contribution in [-0.2, 0) is 20.7 Å². The minimum atomic E-state index is -0.846. The molecule has 1 heterocycles. The Morgan fingerprint density at radius 2 is 1.93 bits per heavy atom. The predicted molar refractivity (Wildman–Crippen MR) is 107 cm³/mol. The summed E-state index contributed by atoms with van der Waals surface area (Å²) in [7, 11) is 0. The Morgan fingerprint density at radius 3 is 2.70 bits per heavy atom. The largest absolute Gasteiger partial charge is 0.453 e. The van der Waals surface area contributed by atoms with E-state index in [-0.39, 0.29) is 18.3 Å². The van der Waals surface area contributed by atoms with Crippen LogP contribution in [0.2, 0.25) is 0 Å². The Balaban J connectivity index is 1.53. The van der Waals surface area contributed by atoms with Crippen LogP contribution in [0.25, 0.3) is 10.9 Å². The Morgan fingerprint density at radius 1 is 1.15 bits per heavy atom. The molecule has 1 aromatic heterocycles. The summed E-state index contributed by atoms with van der Waals surface area (Å²) in [6.07, 6.45) is 1.85. The molecule has 27 heavy (non-hydrogen) atoms. The first-order chi connectivity index (χ1) is 12.9. The second-order valence-electron chi connectivity index (χ2n) is 6.80. The monoisotopic (exact) mass is 364 g/mol. The number of aromatic amines is 1. The van der Waals surface area contributed by atoms with Crippen LogP contribution in [0.15, 0.2) is 48.7 Å². The highest BCUT2D eigenvalue weighted by Gasteiger charge is 2.18. The number of esters is 1. The van der Waals surface area contributed by atoms with E-state index in [0.29, 0.717) is 6.42 Å². The SMILES string of the molecule is Cc1ccc(NC(=O)C(C)OC(=O)CCc2c[nH]c3ccccc23)c(C)c1. The molecule has 1 unspecified atom stereocenters. The van der Waals surface area contributed by atoms with Crippen molar-refractivity contribution in [2.45, 2.75) is 39.7 Å². The van der Waals surface area contributed by atoms with Crippen LogP contribution in [0, 0.1) is 13.8 Å². The first-order valence-electron chi connectivity index (χ1n) is 9.06. The molecule has 0 bridgehead atoms. The molecule has 0 saturated heterocycles. The van der Waals surface area contributed by atoms with Gasteiger partial charge in [0, 0.05) is 29.2 Å². The lowest BCUT2D eigenvalue weighted by Crippen LogP contribution is -2.30. The molecule has 0 saturated carbocycles. The number of hydrogen-bond acceptors (Lipinski definition) is 3. The molecule has 0 radical (unpaired) electrons. The summed E-state index contributed by atoms with van der Waals surface area (Å²) in [4.78, 5) is 27.6. The summed E-state index contributed by atoms with van der Waals surface area (Å²) >= 11 is 0. The van der Waals surface area contributed by atoms with Gasteiger partial charge in [0.25, 0.3) is 5.91 Å². The van der Waals surface area contributed by atoms with Gasteiger partial charge in [0.2, 0.25) is 0 Å². The lowest BCUT2D eigenvalue weighted by Gasteiger charge is -2.15. The highest BCUT2D eigenvalue weighted by atomic mass is 16.5. The Labute approximate surface area is 158 Å². The summed E-state index contributed by atoms with van der Waals surface area (Å²) in [6, 6.07) is 13.7. The number of ether oxygens (including phenoxy) is 1. The molecule has 0 aliphatic rings. The van der Waals surface area contributed by atoms with Gasteiger partial charge in [-0.3, -0.25) is 9.59 Å². The van der Waals surface area contributed by atoms with Crippen molar-refractivity contribution in [2.75, 3.05) is 5.32 Å². The van der Waals surface area contributed by atoms with Crippen LogP contribution < -0.4 is 5.32 Å². The van der Waals surface area contributed by atoms with Crippen LogP contribution >= 0.6 is 0 Å². The smallest absolute Gasteiger partial charge is 0.306 e. The minimum Gasteiger partial charge on any atom is -0.453 e. The van der Waals surface area contributed by atoms with E-state index in [1.54, 1.807) is 6.92 Å². The highest BCUT2D eigenvalue weighted by Crippen LogP contribution is 2.19. The number of aryl methyl sites for hydroxylation is 3. The zero-order valence-corrected chi connectivity index (χ0v) is 15.8. The molecule has 1 amide bonds. The number of aromatic nitrogens is 1. The van der Waals surface area contributed by atoms with E-state index in [9.17, 15) is 9.59 Å². The van der Waals surface area contributed by atoms with Crippen molar-refractivity contribution in [1.29, 1.82) is 0 Å². The molecule has 0 spiro atoms. The van der Waals surface area contributed by atoms with Crippen molar-refractivity contribution in [2.24, 2.45) is 0 Å². The molecule has 140 valence electrons. The molecule has 1 atom stereocenters. The lowest BCUT2D eigenvalue weighted by atomic mass is 10.1. The maximum absolute atomic E-state index is 12.3. The Bertz CT molecular complexity index is 975. The van der Waals surface area contributed by atoms with Crippen LogP contribution in [0.1, 0.15) is 30.0 Å². The third-order valence-corrected chi connectivity index (χ3v) is 4.59. The van der Waals surface area contributed by atoms with Crippen molar-refractivity contribution in [3.63, 3.8) is 0 Å². The Hall–Kier alpha value is -3.08. The predicted octanol–water partition coefficient (Wildman–Crippen LogP) is 4.29.